The summed E-state index contributed by atoms with van der Waals surface area (Å²) in [5.74, 6) is 0. The molecule has 84 valence electrons. The summed E-state index contributed by atoms with van der Waals surface area (Å²) < 4.78 is 0. The zero-order valence-electron chi connectivity index (χ0n) is 10.6. The first-order valence-electron chi connectivity index (χ1n) is 5.82. The van der Waals surface area contributed by atoms with E-state index in [-0.39, 0.29) is 5.54 Å². The number of nitrogens with one attached hydrogen (secondary N) is 1. The van der Waals surface area contributed by atoms with Crippen molar-refractivity contribution in [3.63, 3.8) is 0 Å². The lowest BCUT2D eigenvalue weighted by molar-refractivity contribution is 0.000215. The van der Waals surface area contributed by atoms with Gasteiger partial charge < -0.3 is 5.32 Å². The molecular weight excluding hydrogens is 172 g/mol. The van der Waals surface area contributed by atoms with E-state index in [1.54, 1.807) is 0 Å². The van der Waals surface area contributed by atoms with Crippen LogP contribution in [0, 0.1) is 0 Å². The van der Waals surface area contributed by atoms with Crippen molar-refractivity contribution in [1.82, 2.24) is 10.2 Å². The van der Waals surface area contributed by atoms with Crippen LogP contribution in [-0.2, 0) is 0 Å². The van der Waals surface area contributed by atoms with E-state index < -0.39 is 0 Å². The Kier molecular flexibility index (Phi) is 3.27. The highest BCUT2D eigenvalue weighted by Gasteiger charge is 2.40. The van der Waals surface area contributed by atoms with Crippen LogP contribution in [0.5, 0.6) is 0 Å². The second-order valence-electron chi connectivity index (χ2n) is 5.81. The van der Waals surface area contributed by atoms with E-state index >= 15 is 0 Å². The standard InChI is InChI=1S/C12H26N2/c1-7-12(6)8-13-11(4,5)9-14(12)10(2)3/h10,13H,7-9H2,1-6H3. The largest absolute Gasteiger partial charge is 0.309 e. The fourth-order valence-electron chi connectivity index (χ4n) is 2.34. The van der Waals surface area contributed by atoms with Gasteiger partial charge in [0.05, 0.1) is 0 Å². The van der Waals surface area contributed by atoms with Gasteiger partial charge in [0.15, 0.2) is 0 Å². The minimum absolute atomic E-state index is 0.263. The number of nitrogens with zero attached hydrogens (tertiary/aromatic N) is 1. The van der Waals surface area contributed by atoms with Gasteiger partial charge in [0, 0.05) is 30.2 Å². The van der Waals surface area contributed by atoms with Crippen molar-refractivity contribution in [3.8, 4) is 0 Å². The second-order valence-corrected chi connectivity index (χ2v) is 5.81. The molecule has 0 saturated carbocycles. The predicted octanol–water partition coefficient (Wildman–Crippen LogP) is 2.25. The Hall–Kier alpha value is -0.0800. The van der Waals surface area contributed by atoms with Gasteiger partial charge in [0.1, 0.15) is 0 Å². The molecule has 0 bridgehead atoms. The Morgan fingerprint density at radius 1 is 1.29 bits per heavy atom. The molecule has 0 aromatic heterocycles. The van der Waals surface area contributed by atoms with Crippen molar-refractivity contribution in [2.75, 3.05) is 13.1 Å². The third-order valence-electron chi connectivity index (χ3n) is 3.59. The summed E-state index contributed by atoms with van der Waals surface area (Å²) in [6, 6.07) is 0.640. The van der Waals surface area contributed by atoms with Gasteiger partial charge in [-0.2, -0.15) is 0 Å². The second kappa shape index (κ2) is 3.82. The lowest BCUT2D eigenvalue weighted by Crippen LogP contribution is -2.68. The molecule has 0 aromatic carbocycles. The van der Waals surface area contributed by atoms with Crippen LogP contribution in [-0.4, -0.2) is 35.1 Å². The Bertz CT molecular complexity index is 198. The van der Waals surface area contributed by atoms with Gasteiger partial charge in [-0.15, -0.1) is 0 Å². The van der Waals surface area contributed by atoms with Crippen LogP contribution in [0.15, 0.2) is 0 Å². The van der Waals surface area contributed by atoms with Crippen LogP contribution in [0.4, 0.5) is 0 Å². The fraction of sp³-hybridized carbons (Fsp3) is 1.00. The van der Waals surface area contributed by atoms with Crippen molar-refractivity contribution in [1.29, 1.82) is 0 Å². The molecule has 2 heteroatoms. The molecule has 0 spiro atoms. The molecule has 1 rings (SSSR count). The Morgan fingerprint density at radius 2 is 1.86 bits per heavy atom. The molecule has 0 radical (unpaired) electrons. The SMILES string of the molecule is CCC1(C)CNC(C)(C)CN1C(C)C. The van der Waals surface area contributed by atoms with Crippen LogP contribution < -0.4 is 5.32 Å². The van der Waals surface area contributed by atoms with Crippen LogP contribution >= 0.6 is 0 Å². The summed E-state index contributed by atoms with van der Waals surface area (Å²) in [6.45, 7) is 16.1. The van der Waals surface area contributed by atoms with E-state index in [2.05, 4.69) is 51.8 Å². The Morgan fingerprint density at radius 3 is 2.29 bits per heavy atom. The first-order valence-corrected chi connectivity index (χ1v) is 5.82. The molecule has 1 heterocycles. The highest BCUT2D eigenvalue weighted by molar-refractivity contribution is 5.00. The topological polar surface area (TPSA) is 15.3 Å². The van der Waals surface area contributed by atoms with Gasteiger partial charge in [0.25, 0.3) is 0 Å². The van der Waals surface area contributed by atoms with Crippen LogP contribution in [0.2, 0.25) is 0 Å². The Labute approximate surface area is 89.1 Å². The molecule has 1 aliphatic heterocycles. The highest BCUT2D eigenvalue weighted by Crippen LogP contribution is 2.28. The molecule has 1 saturated heterocycles. The summed E-state index contributed by atoms with van der Waals surface area (Å²) in [6.07, 6.45) is 1.22. The predicted molar refractivity (Wildman–Crippen MR) is 62.6 cm³/mol. The lowest BCUT2D eigenvalue weighted by atomic mass is 9.87. The summed E-state index contributed by atoms with van der Waals surface area (Å²) >= 11 is 0. The third-order valence-corrected chi connectivity index (χ3v) is 3.59. The van der Waals surface area contributed by atoms with Crippen molar-refractivity contribution < 1.29 is 0 Å². The summed E-state index contributed by atoms with van der Waals surface area (Å²) in [5.41, 5.74) is 0.600. The smallest absolute Gasteiger partial charge is 0.0306 e. The van der Waals surface area contributed by atoms with E-state index in [0.717, 1.165) is 13.1 Å². The molecule has 2 nitrogen and oxygen atoms in total. The monoisotopic (exact) mass is 198 g/mol. The maximum Gasteiger partial charge on any atom is 0.0306 e. The molecule has 1 unspecified atom stereocenters. The van der Waals surface area contributed by atoms with Gasteiger partial charge >= 0.3 is 0 Å². The van der Waals surface area contributed by atoms with Crippen LogP contribution in [0.25, 0.3) is 0 Å². The fourth-order valence-corrected chi connectivity index (χ4v) is 2.34. The summed E-state index contributed by atoms with van der Waals surface area (Å²) in [5, 5.41) is 3.64. The molecule has 0 aromatic rings. The van der Waals surface area contributed by atoms with Crippen LogP contribution in [0.3, 0.4) is 0 Å². The third kappa shape index (κ3) is 2.29. The molecule has 1 aliphatic rings. The van der Waals surface area contributed by atoms with Crippen molar-refractivity contribution >= 4 is 0 Å². The number of hydrogen-bond donors (Lipinski definition) is 1. The summed E-state index contributed by atoms with van der Waals surface area (Å²) in [4.78, 5) is 2.64. The van der Waals surface area contributed by atoms with E-state index in [0.29, 0.717) is 11.6 Å². The minimum atomic E-state index is 0.263. The highest BCUT2D eigenvalue weighted by atomic mass is 15.3. The molecule has 0 amide bonds. The number of rotatable bonds is 2. The average molecular weight is 198 g/mol. The molecule has 1 N–H and O–H groups in total. The minimum Gasteiger partial charge on any atom is -0.309 e. The number of piperazine rings is 1. The Balaban J connectivity index is 2.81. The van der Waals surface area contributed by atoms with Gasteiger partial charge in [0.2, 0.25) is 0 Å². The van der Waals surface area contributed by atoms with Gasteiger partial charge in [-0.25, -0.2) is 0 Å². The van der Waals surface area contributed by atoms with Crippen molar-refractivity contribution in [2.45, 2.75) is 65.1 Å². The maximum atomic E-state index is 3.64. The van der Waals surface area contributed by atoms with E-state index in [4.69, 9.17) is 0 Å². The first kappa shape index (κ1) is 12.0. The van der Waals surface area contributed by atoms with Gasteiger partial charge in [-0.1, -0.05) is 6.92 Å². The van der Waals surface area contributed by atoms with Crippen molar-refractivity contribution in [2.24, 2.45) is 0 Å². The molecule has 14 heavy (non-hydrogen) atoms. The molecule has 1 fully saturated rings. The molecular formula is C12H26N2. The zero-order chi connectivity index (χ0) is 11.0. The molecule has 0 aliphatic carbocycles. The summed E-state index contributed by atoms with van der Waals surface area (Å²) in [7, 11) is 0. The number of hydrogen-bond acceptors (Lipinski definition) is 2. The van der Waals surface area contributed by atoms with Crippen molar-refractivity contribution in [3.05, 3.63) is 0 Å². The average Bonchev–Trinajstić information content (AvgIpc) is 2.09. The quantitative estimate of drug-likeness (QED) is 0.732. The van der Waals surface area contributed by atoms with Gasteiger partial charge in [-0.3, -0.25) is 4.90 Å². The molecule has 1 atom stereocenters. The lowest BCUT2D eigenvalue weighted by Gasteiger charge is -2.53. The van der Waals surface area contributed by atoms with Crippen LogP contribution in [0.1, 0.15) is 48.0 Å². The van der Waals surface area contributed by atoms with Gasteiger partial charge in [-0.05, 0) is 41.0 Å². The first-order chi connectivity index (χ1) is 6.31. The normalized spacial score (nSPS) is 33.6. The van der Waals surface area contributed by atoms with E-state index in [9.17, 15) is 0 Å². The van der Waals surface area contributed by atoms with E-state index in [1.807, 2.05) is 0 Å². The maximum absolute atomic E-state index is 3.64. The van der Waals surface area contributed by atoms with E-state index in [1.165, 1.54) is 6.42 Å². The zero-order valence-corrected chi connectivity index (χ0v) is 10.6.